The standard InChI is InChI=1S/C25H31NO3/c1-20(13-14-21-9-5-3-6-10-21)19-23(27)26-17-15-25(16-18-26,24(28)29-2)22-11-7-4-8-12-22/h3-12,20H,13-19H2,1-2H3. The van der Waals surface area contributed by atoms with Gasteiger partial charge in [0.2, 0.25) is 5.91 Å². The Morgan fingerprint density at radius 2 is 1.59 bits per heavy atom. The van der Waals surface area contributed by atoms with Crippen LogP contribution < -0.4 is 0 Å². The first-order chi connectivity index (χ1) is 14.0. The van der Waals surface area contributed by atoms with E-state index in [-0.39, 0.29) is 11.9 Å². The molecule has 1 aliphatic rings. The van der Waals surface area contributed by atoms with Gasteiger partial charge in [-0.25, -0.2) is 0 Å². The predicted molar refractivity (Wildman–Crippen MR) is 114 cm³/mol. The molecule has 0 bridgehead atoms. The molecular formula is C25H31NO3. The van der Waals surface area contributed by atoms with Gasteiger partial charge in [0.05, 0.1) is 12.5 Å². The van der Waals surface area contributed by atoms with Crippen LogP contribution in [0.25, 0.3) is 0 Å². The van der Waals surface area contributed by atoms with Crippen molar-refractivity contribution in [3.63, 3.8) is 0 Å². The van der Waals surface area contributed by atoms with Crippen LogP contribution in [0.5, 0.6) is 0 Å². The predicted octanol–water partition coefficient (Wildman–Crippen LogP) is 4.38. The molecule has 154 valence electrons. The molecule has 1 unspecified atom stereocenters. The summed E-state index contributed by atoms with van der Waals surface area (Å²) in [4.78, 5) is 27.4. The number of amides is 1. The van der Waals surface area contributed by atoms with Crippen molar-refractivity contribution in [1.29, 1.82) is 0 Å². The first-order valence-corrected chi connectivity index (χ1v) is 10.5. The monoisotopic (exact) mass is 393 g/mol. The Labute approximate surface area is 173 Å². The Hall–Kier alpha value is -2.62. The molecule has 0 N–H and O–H groups in total. The van der Waals surface area contributed by atoms with Crippen LogP contribution >= 0.6 is 0 Å². The van der Waals surface area contributed by atoms with Crippen molar-refractivity contribution in [3.8, 4) is 0 Å². The number of piperidine rings is 1. The second-order valence-corrected chi connectivity index (χ2v) is 8.15. The van der Waals surface area contributed by atoms with Gasteiger partial charge in [-0.1, -0.05) is 67.6 Å². The number of carbonyl (C=O) groups excluding carboxylic acids is 2. The third-order valence-electron chi connectivity index (χ3n) is 6.16. The fourth-order valence-corrected chi connectivity index (χ4v) is 4.29. The average molecular weight is 394 g/mol. The number of likely N-dealkylation sites (tertiary alicyclic amines) is 1. The molecule has 2 aromatic rings. The summed E-state index contributed by atoms with van der Waals surface area (Å²) in [6, 6.07) is 20.2. The van der Waals surface area contributed by atoms with Gasteiger partial charge >= 0.3 is 5.97 Å². The fourth-order valence-electron chi connectivity index (χ4n) is 4.29. The number of hydrogen-bond donors (Lipinski definition) is 0. The van der Waals surface area contributed by atoms with Crippen molar-refractivity contribution >= 4 is 11.9 Å². The largest absolute Gasteiger partial charge is 0.468 e. The zero-order valence-corrected chi connectivity index (χ0v) is 17.5. The van der Waals surface area contributed by atoms with Gasteiger partial charge in [-0.15, -0.1) is 0 Å². The van der Waals surface area contributed by atoms with Crippen LogP contribution in [-0.2, 0) is 26.2 Å². The molecule has 1 atom stereocenters. The quantitative estimate of drug-likeness (QED) is 0.656. The van der Waals surface area contributed by atoms with Crippen molar-refractivity contribution in [2.75, 3.05) is 20.2 Å². The zero-order chi connectivity index (χ0) is 20.7. The number of benzene rings is 2. The summed E-state index contributed by atoms with van der Waals surface area (Å²) >= 11 is 0. The Balaban J connectivity index is 1.56. The molecule has 4 nitrogen and oxygen atoms in total. The normalized spacial score (nSPS) is 16.8. The number of aryl methyl sites for hydroxylation is 1. The van der Waals surface area contributed by atoms with Gasteiger partial charge in [-0.2, -0.15) is 0 Å². The minimum absolute atomic E-state index is 0.192. The number of rotatable bonds is 7. The second kappa shape index (κ2) is 9.73. The summed E-state index contributed by atoms with van der Waals surface area (Å²) in [5, 5.41) is 0. The zero-order valence-electron chi connectivity index (χ0n) is 17.5. The number of nitrogens with zero attached hydrogens (tertiary/aromatic N) is 1. The van der Waals surface area contributed by atoms with Gasteiger partial charge in [0.15, 0.2) is 0 Å². The highest BCUT2D eigenvalue weighted by Gasteiger charge is 2.44. The van der Waals surface area contributed by atoms with Crippen molar-refractivity contribution in [1.82, 2.24) is 4.90 Å². The van der Waals surface area contributed by atoms with Crippen molar-refractivity contribution < 1.29 is 14.3 Å². The molecule has 1 amide bonds. The lowest BCUT2D eigenvalue weighted by atomic mass is 9.72. The minimum Gasteiger partial charge on any atom is -0.468 e. The highest BCUT2D eigenvalue weighted by Crippen LogP contribution is 2.37. The summed E-state index contributed by atoms with van der Waals surface area (Å²) < 4.78 is 5.14. The number of ether oxygens (including phenoxy) is 1. The van der Waals surface area contributed by atoms with Gasteiger partial charge in [0, 0.05) is 19.5 Å². The number of methoxy groups -OCH3 is 1. The first-order valence-electron chi connectivity index (χ1n) is 10.5. The van der Waals surface area contributed by atoms with E-state index in [4.69, 9.17) is 4.74 Å². The summed E-state index contributed by atoms with van der Waals surface area (Å²) in [5.74, 6) is 0.327. The van der Waals surface area contributed by atoms with Crippen LogP contribution in [0.15, 0.2) is 60.7 Å². The van der Waals surface area contributed by atoms with Crippen LogP contribution in [-0.4, -0.2) is 37.0 Å². The molecule has 29 heavy (non-hydrogen) atoms. The van der Waals surface area contributed by atoms with E-state index in [2.05, 4.69) is 31.2 Å². The summed E-state index contributed by atoms with van der Waals surface area (Å²) in [6.45, 7) is 3.33. The SMILES string of the molecule is COC(=O)C1(c2ccccc2)CCN(C(=O)CC(C)CCc2ccccc2)CC1. The van der Waals surface area contributed by atoms with Gasteiger partial charge in [0.1, 0.15) is 0 Å². The highest BCUT2D eigenvalue weighted by atomic mass is 16.5. The molecule has 1 aliphatic heterocycles. The van der Waals surface area contributed by atoms with Crippen LogP contribution in [0, 0.1) is 5.92 Å². The molecule has 0 aromatic heterocycles. The molecule has 1 saturated heterocycles. The van der Waals surface area contributed by atoms with Gasteiger partial charge in [-0.05, 0) is 42.7 Å². The summed E-state index contributed by atoms with van der Waals surface area (Å²) in [6.07, 6.45) is 3.76. The van der Waals surface area contributed by atoms with E-state index in [0.717, 1.165) is 18.4 Å². The van der Waals surface area contributed by atoms with Crippen LogP contribution in [0.2, 0.25) is 0 Å². The molecule has 0 aliphatic carbocycles. The summed E-state index contributed by atoms with van der Waals surface area (Å²) in [7, 11) is 1.44. The molecule has 0 spiro atoms. The number of carbonyl (C=O) groups is 2. The maximum Gasteiger partial charge on any atom is 0.316 e. The second-order valence-electron chi connectivity index (χ2n) is 8.15. The van der Waals surface area contributed by atoms with Crippen molar-refractivity contribution in [2.45, 2.75) is 44.4 Å². The van der Waals surface area contributed by atoms with Crippen molar-refractivity contribution in [3.05, 3.63) is 71.8 Å². The highest BCUT2D eigenvalue weighted by molar-refractivity contribution is 5.84. The lowest BCUT2D eigenvalue weighted by Gasteiger charge is -2.40. The maximum atomic E-state index is 12.8. The van der Waals surface area contributed by atoms with Crippen molar-refractivity contribution in [2.24, 2.45) is 5.92 Å². The van der Waals surface area contributed by atoms with E-state index in [0.29, 0.717) is 38.3 Å². The van der Waals surface area contributed by atoms with Crippen LogP contribution in [0.1, 0.15) is 43.7 Å². The van der Waals surface area contributed by atoms with E-state index >= 15 is 0 Å². The molecule has 1 fully saturated rings. The van der Waals surface area contributed by atoms with Crippen LogP contribution in [0.3, 0.4) is 0 Å². The van der Waals surface area contributed by atoms with E-state index in [1.54, 1.807) is 0 Å². The third-order valence-corrected chi connectivity index (χ3v) is 6.16. The third kappa shape index (κ3) is 5.06. The number of hydrogen-bond acceptors (Lipinski definition) is 3. The smallest absolute Gasteiger partial charge is 0.316 e. The number of esters is 1. The topological polar surface area (TPSA) is 46.6 Å². The Kier molecular flexibility index (Phi) is 7.08. The first kappa shape index (κ1) is 21.1. The Bertz CT molecular complexity index is 795. The molecule has 0 radical (unpaired) electrons. The van der Waals surface area contributed by atoms with Crippen LogP contribution in [0.4, 0.5) is 0 Å². The van der Waals surface area contributed by atoms with E-state index in [1.807, 2.05) is 41.3 Å². The van der Waals surface area contributed by atoms with E-state index < -0.39 is 5.41 Å². The molecule has 1 heterocycles. The maximum absolute atomic E-state index is 12.8. The van der Waals surface area contributed by atoms with E-state index in [9.17, 15) is 9.59 Å². The molecule has 0 saturated carbocycles. The molecule has 2 aromatic carbocycles. The Morgan fingerprint density at radius 3 is 2.17 bits per heavy atom. The lowest BCUT2D eigenvalue weighted by Crippen LogP contribution is -2.49. The fraction of sp³-hybridized carbons (Fsp3) is 0.440. The molecular weight excluding hydrogens is 362 g/mol. The minimum atomic E-state index is -0.647. The summed E-state index contributed by atoms with van der Waals surface area (Å²) in [5.41, 5.74) is 1.65. The molecule has 4 heteroatoms. The average Bonchev–Trinajstić information content (AvgIpc) is 2.78. The van der Waals surface area contributed by atoms with Gasteiger partial charge in [-0.3, -0.25) is 9.59 Å². The van der Waals surface area contributed by atoms with Gasteiger partial charge in [0.25, 0.3) is 0 Å². The Morgan fingerprint density at radius 1 is 1.00 bits per heavy atom. The molecule has 3 rings (SSSR count). The van der Waals surface area contributed by atoms with E-state index in [1.165, 1.54) is 12.7 Å². The lowest BCUT2D eigenvalue weighted by molar-refractivity contribution is -0.151. The van der Waals surface area contributed by atoms with Gasteiger partial charge < -0.3 is 9.64 Å².